The molecule has 9 rings (SSSR count). The number of esters is 1. The molecule has 5 heterocycles. The van der Waals surface area contributed by atoms with Gasteiger partial charge in [0.25, 0.3) is 0 Å². The highest BCUT2D eigenvalue weighted by Gasteiger charge is 2.63. The summed E-state index contributed by atoms with van der Waals surface area (Å²) in [7, 11) is 5.69. The monoisotopic (exact) mass is 747 g/mol. The van der Waals surface area contributed by atoms with Crippen molar-refractivity contribution in [1.82, 2.24) is 4.90 Å². The first-order chi connectivity index (χ1) is 25.4. The van der Waals surface area contributed by atoms with E-state index in [0.29, 0.717) is 46.1 Å². The number of aliphatic hydroxyl groups is 2. The molecule has 3 saturated heterocycles. The van der Waals surface area contributed by atoms with Crippen LogP contribution in [0.2, 0.25) is 0 Å². The van der Waals surface area contributed by atoms with Crippen LogP contribution >= 0.6 is 21.6 Å². The molecule has 7 nitrogen and oxygen atoms in total. The van der Waals surface area contributed by atoms with Gasteiger partial charge in [0, 0.05) is 41.5 Å². The van der Waals surface area contributed by atoms with Gasteiger partial charge in [-0.25, -0.2) is 4.79 Å². The van der Waals surface area contributed by atoms with Gasteiger partial charge in [-0.15, -0.1) is 0 Å². The van der Waals surface area contributed by atoms with Gasteiger partial charge in [0.1, 0.15) is 11.3 Å². The van der Waals surface area contributed by atoms with Gasteiger partial charge in [-0.2, -0.15) is 0 Å². The molecule has 10 unspecified atom stereocenters. The van der Waals surface area contributed by atoms with Gasteiger partial charge in [-0.1, -0.05) is 78.1 Å². The second kappa shape index (κ2) is 14.3. The van der Waals surface area contributed by atoms with E-state index in [0.717, 1.165) is 43.6 Å². The summed E-state index contributed by atoms with van der Waals surface area (Å²) in [5, 5.41) is 22.9. The molecule has 3 aliphatic carbocycles. The predicted octanol–water partition coefficient (Wildman–Crippen LogP) is 8.18. The number of carbonyl (C=O) groups is 1. The highest BCUT2D eigenvalue weighted by Crippen LogP contribution is 2.71. The summed E-state index contributed by atoms with van der Waals surface area (Å²) < 4.78 is 18.2. The van der Waals surface area contributed by atoms with E-state index < -0.39 is 12.6 Å². The molecule has 5 aliphatic heterocycles. The normalized spacial score (nSPS) is 41.6. The van der Waals surface area contributed by atoms with E-state index in [1.165, 1.54) is 76.2 Å². The lowest BCUT2D eigenvalue weighted by atomic mass is 9.57. The Labute approximate surface area is 317 Å². The third kappa shape index (κ3) is 5.76. The maximum Gasteiger partial charge on any atom is 0.345 e. The second-order valence-electron chi connectivity index (χ2n) is 17.5. The minimum absolute atomic E-state index is 0.0562. The van der Waals surface area contributed by atoms with Gasteiger partial charge < -0.3 is 24.4 Å². The molecular weight excluding hydrogens is 691 g/mol. The van der Waals surface area contributed by atoms with Crippen molar-refractivity contribution in [1.29, 1.82) is 0 Å². The zero-order valence-corrected chi connectivity index (χ0v) is 32.6. The van der Waals surface area contributed by atoms with Crippen LogP contribution in [0.4, 0.5) is 0 Å². The number of nitrogens with zero attached hydrogens (tertiary/aromatic N) is 1. The highest BCUT2D eigenvalue weighted by atomic mass is 33.1. The lowest BCUT2D eigenvalue weighted by Gasteiger charge is -2.53. The number of hydrogen-bond donors (Lipinski definition) is 2. The van der Waals surface area contributed by atoms with Crippen molar-refractivity contribution < 1.29 is 29.2 Å². The average molecular weight is 748 g/mol. The second-order valence-corrected chi connectivity index (χ2v) is 20.1. The number of cyclic esters (lactones) is 1. The fourth-order valence-corrected chi connectivity index (χ4v) is 16.1. The largest absolute Gasteiger partial charge is 0.492 e. The van der Waals surface area contributed by atoms with Gasteiger partial charge >= 0.3 is 5.97 Å². The van der Waals surface area contributed by atoms with Crippen LogP contribution in [-0.2, 0) is 25.4 Å². The van der Waals surface area contributed by atoms with Crippen molar-refractivity contribution >= 4 is 27.6 Å². The lowest BCUT2D eigenvalue weighted by Crippen LogP contribution is -2.61. The fourth-order valence-electron chi connectivity index (χ4n) is 13.3. The van der Waals surface area contributed by atoms with Crippen molar-refractivity contribution in [3.8, 4) is 0 Å². The number of benzene rings is 1. The number of allylic oxidation sites excluding steroid dienone is 1. The van der Waals surface area contributed by atoms with Gasteiger partial charge in [0.15, 0.2) is 11.5 Å². The van der Waals surface area contributed by atoms with Crippen LogP contribution in [-0.4, -0.2) is 70.5 Å². The number of aliphatic hydroxyl groups excluding tert-OH is 2. The van der Waals surface area contributed by atoms with Crippen LogP contribution in [0.15, 0.2) is 65.0 Å². The average Bonchev–Trinajstić information content (AvgIpc) is 3.96. The van der Waals surface area contributed by atoms with Gasteiger partial charge in [0.05, 0.1) is 19.8 Å². The minimum atomic E-state index is -0.575. The predicted molar refractivity (Wildman–Crippen MR) is 206 cm³/mol. The third-order valence-corrected chi connectivity index (χ3v) is 18.0. The van der Waals surface area contributed by atoms with Crippen molar-refractivity contribution in [2.24, 2.45) is 40.4 Å². The number of hydrogen-bond acceptors (Lipinski definition) is 9. The Bertz CT molecular complexity index is 1610. The summed E-state index contributed by atoms with van der Waals surface area (Å²) in [5.74, 6) is 5.54. The molecule has 52 heavy (non-hydrogen) atoms. The number of rotatable bonds is 4. The molecule has 3 saturated carbocycles. The summed E-state index contributed by atoms with van der Waals surface area (Å²) in [6.45, 7) is 1.75. The highest BCUT2D eigenvalue weighted by molar-refractivity contribution is 8.76. The first-order valence-corrected chi connectivity index (χ1v) is 22.8. The Balaban J connectivity index is 1.10. The molecule has 10 atom stereocenters. The fraction of sp³-hybridized carbons (Fsp3) is 0.698. The Morgan fingerprint density at radius 2 is 1.73 bits per heavy atom. The van der Waals surface area contributed by atoms with E-state index in [2.05, 4.69) is 69.8 Å². The molecule has 1 aromatic carbocycles. The summed E-state index contributed by atoms with van der Waals surface area (Å²) in [4.78, 5) is 15.6. The molecule has 0 aromatic heterocycles. The van der Waals surface area contributed by atoms with E-state index in [-0.39, 0.29) is 41.4 Å². The van der Waals surface area contributed by atoms with Crippen molar-refractivity contribution in [3.05, 3.63) is 70.6 Å². The molecule has 1 aromatic rings. The van der Waals surface area contributed by atoms with Crippen LogP contribution in [0.5, 0.6) is 0 Å². The van der Waals surface area contributed by atoms with Crippen LogP contribution in [0.3, 0.4) is 0 Å². The van der Waals surface area contributed by atoms with Gasteiger partial charge in [-0.3, -0.25) is 4.90 Å². The van der Waals surface area contributed by atoms with E-state index in [1.807, 2.05) is 0 Å². The molecule has 2 N–H and O–H groups in total. The van der Waals surface area contributed by atoms with Crippen LogP contribution in [0.1, 0.15) is 96.0 Å². The molecule has 282 valence electrons. The summed E-state index contributed by atoms with van der Waals surface area (Å²) in [5.41, 5.74) is 2.42. The summed E-state index contributed by atoms with van der Waals surface area (Å²) in [6.07, 6.45) is 19.3. The maximum absolute atomic E-state index is 12.9. The number of carbonyl (C=O) groups excluding carboxylic acids is 1. The zero-order valence-electron chi connectivity index (χ0n) is 31.0. The van der Waals surface area contributed by atoms with Crippen LogP contribution in [0.25, 0.3) is 0 Å². The molecule has 0 amide bonds. The Morgan fingerprint density at radius 3 is 2.52 bits per heavy atom. The van der Waals surface area contributed by atoms with Crippen LogP contribution in [0, 0.1) is 40.4 Å². The molecular formula is C43H57NO6S2. The van der Waals surface area contributed by atoms with E-state index in [1.54, 1.807) is 0 Å². The van der Waals surface area contributed by atoms with Crippen molar-refractivity contribution in [2.45, 2.75) is 121 Å². The Morgan fingerprint density at radius 1 is 0.962 bits per heavy atom. The number of ether oxygens (including phenoxy) is 3. The minimum Gasteiger partial charge on any atom is -0.492 e. The molecule has 8 aliphatic rings. The van der Waals surface area contributed by atoms with Crippen molar-refractivity contribution in [2.75, 3.05) is 25.2 Å². The van der Waals surface area contributed by atoms with Crippen molar-refractivity contribution in [3.63, 3.8) is 0 Å². The lowest BCUT2D eigenvalue weighted by molar-refractivity contribution is -0.133. The quantitative estimate of drug-likeness (QED) is 0.234. The molecule has 2 spiro atoms. The molecule has 0 bridgehead atoms. The van der Waals surface area contributed by atoms with Crippen LogP contribution < -0.4 is 0 Å². The van der Waals surface area contributed by atoms with E-state index in [4.69, 9.17) is 14.2 Å². The van der Waals surface area contributed by atoms with E-state index >= 15 is 0 Å². The first-order valence-electron chi connectivity index (χ1n) is 20.3. The Kier molecular flexibility index (Phi) is 9.84. The third-order valence-electron chi connectivity index (χ3n) is 15.4. The molecule has 6 fully saturated rings. The number of methoxy groups -OCH3 is 1. The van der Waals surface area contributed by atoms with Gasteiger partial charge in [-0.05, 0) is 111 Å². The first kappa shape index (κ1) is 35.8. The van der Waals surface area contributed by atoms with E-state index in [9.17, 15) is 15.0 Å². The number of fused-ring (bicyclic) bond motifs is 5. The number of piperidine rings is 1. The molecule has 9 heteroatoms. The summed E-state index contributed by atoms with van der Waals surface area (Å²) in [6, 6.07) is 11.5. The topological polar surface area (TPSA) is 88.5 Å². The zero-order chi connectivity index (χ0) is 35.6. The summed E-state index contributed by atoms with van der Waals surface area (Å²) >= 11 is 0. The smallest absolute Gasteiger partial charge is 0.345 e. The standard InChI is InChI=1S/C43H57NO6S2/c1-26-37-34-21-28(19-27-9-4-3-5-10-27)20-33-35(46)22-32-29(13-18-43(32)17-8-16-42(43)14-6-7-15-42)24-51-52-25-30(44(33)34)11-12-36(37)49-38(26)40-39(48-2)31(23-45)41(47)50-40/h3-5,9-10,12,26,28-30,32-35,37,45-46H,6-8,11,13-25H2,1-2H3. The Hall–Kier alpha value is -1.91. The maximum atomic E-state index is 12.9. The SMILES string of the molecule is COC1=C(CO)C(=O)OC1=C1OC2=CCC3CSSCC4CCC5(CCCC56CCCC6)C4CC(O)C4CC(Cc5ccccc5)CC(C2C1C)N34. The molecule has 0 radical (unpaired) electrons. The van der Waals surface area contributed by atoms with Gasteiger partial charge in [0.2, 0.25) is 5.76 Å².